The molecule has 1 fully saturated rings. The quantitative estimate of drug-likeness (QED) is 0.583. The molecule has 0 aromatic carbocycles. The molecular weight excluding hydrogens is 227 g/mol. The van der Waals surface area contributed by atoms with Gasteiger partial charge in [-0.25, -0.2) is 0 Å². The molecule has 5 heteroatoms. The van der Waals surface area contributed by atoms with Crippen LogP contribution in [0.25, 0.3) is 0 Å². The molecule has 0 amide bonds. The van der Waals surface area contributed by atoms with E-state index in [0.717, 1.165) is 10.5 Å². The van der Waals surface area contributed by atoms with E-state index in [1.165, 1.54) is 25.7 Å². The molecule has 1 rings (SSSR count). The van der Waals surface area contributed by atoms with Crippen molar-refractivity contribution in [2.75, 3.05) is 0 Å². The van der Waals surface area contributed by atoms with Gasteiger partial charge in [-0.05, 0) is 0 Å². The zero-order chi connectivity index (χ0) is 14.3. The van der Waals surface area contributed by atoms with Crippen LogP contribution in [0.5, 0.6) is 0 Å². The van der Waals surface area contributed by atoms with Crippen molar-refractivity contribution in [1.29, 1.82) is 0 Å². The van der Waals surface area contributed by atoms with Crippen LogP contribution in [-0.4, -0.2) is 39.9 Å². The van der Waals surface area contributed by atoms with E-state index in [9.17, 15) is 9.59 Å². The van der Waals surface area contributed by atoms with Gasteiger partial charge in [-0.3, -0.25) is 9.59 Å². The average molecular weight is 250 g/mol. The van der Waals surface area contributed by atoms with Crippen LogP contribution in [0.2, 0.25) is 4.59 Å². The molecule has 1 aliphatic carbocycles. The summed E-state index contributed by atoms with van der Waals surface area (Å²) in [7, 11) is 0. The SMILES string of the molecule is O=C(O)CC(=O)O.[Li][CH]1CCCCC1C(C)(C)C. The molecule has 0 aromatic rings. The van der Waals surface area contributed by atoms with Crippen molar-refractivity contribution >= 4 is 29.7 Å². The molecular formula is C13H23LiO4. The Bertz CT molecular complexity index is 271. The Balaban J connectivity index is 0.000000360. The molecule has 0 saturated heterocycles. The van der Waals surface area contributed by atoms with E-state index in [0.29, 0.717) is 5.41 Å². The molecule has 4 nitrogen and oxygen atoms in total. The van der Waals surface area contributed by atoms with E-state index >= 15 is 0 Å². The zero-order valence-corrected chi connectivity index (χ0v) is 11.9. The van der Waals surface area contributed by atoms with E-state index in [4.69, 9.17) is 10.2 Å². The van der Waals surface area contributed by atoms with Gasteiger partial charge in [0, 0.05) is 0 Å². The third kappa shape index (κ3) is 7.79. The van der Waals surface area contributed by atoms with Crippen LogP contribution in [0.3, 0.4) is 0 Å². The molecule has 0 aromatic heterocycles. The summed E-state index contributed by atoms with van der Waals surface area (Å²) < 4.78 is 0.962. The van der Waals surface area contributed by atoms with Crippen LogP contribution < -0.4 is 0 Å². The topological polar surface area (TPSA) is 74.6 Å². The fourth-order valence-electron chi connectivity index (χ4n) is 2.73. The van der Waals surface area contributed by atoms with Gasteiger partial charge in [0.1, 0.15) is 6.42 Å². The predicted octanol–water partition coefficient (Wildman–Crippen LogP) is 2.73. The minimum atomic E-state index is -1.31. The molecule has 0 aliphatic heterocycles. The first-order valence-electron chi connectivity index (χ1n) is 6.58. The Hall–Kier alpha value is -0.463. The van der Waals surface area contributed by atoms with Crippen LogP contribution >= 0.6 is 0 Å². The maximum atomic E-state index is 9.43. The van der Waals surface area contributed by atoms with Crippen molar-refractivity contribution in [2.24, 2.45) is 11.3 Å². The van der Waals surface area contributed by atoms with Crippen molar-refractivity contribution in [1.82, 2.24) is 0 Å². The molecule has 1 saturated carbocycles. The Kier molecular flexibility index (Phi) is 7.66. The Morgan fingerprint density at radius 1 is 1.11 bits per heavy atom. The summed E-state index contributed by atoms with van der Waals surface area (Å²) in [6.45, 7) is 7.17. The van der Waals surface area contributed by atoms with Crippen molar-refractivity contribution in [3.8, 4) is 0 Å². The van der Waals surface area contributed by atoms with Crippen molar-refractivity contribution < 1.29 is 19.8 Å². The standard InChI is InChI=1S/C10H19.C3H4O4.Li/c1-10(2,3)9-7-5-4-6-8-9;4-2(5)1-3(6)7;/h7,9H,4-6,8H2,1-3H3;1H2,(H,4,5)(H,6,7);. The van der Waals surface area contributed by atoms with Crippen LogP contribution in [0.1, 0.15) is 52.9 Å². The second-order valence-electron chi connectivity index (χ2n) is 6.20. The van der Waals surface area contributed by atoms with Crippen LogP contribution in [-0.2, 0) is 9.59 Å². The Labute approximate surface area is 118 Å². The van der Waals surface area contributed by atoms with Crippen LogP contribution in [0.15, 0.2) is 0 Å². The second kappa shape index (κ2) is 7.86. The van der Waals surface area contributed by atoms with Gasteiger partial charge < -0.3 is 10.2 Å². The van der Waals surface area contributed by atoms with Crippen molar-refractivity contribution in [2.45, 2.75) is 57.5 Å². The summed E-state index contributed by atoms with van der Waals surface area (Å²) in [6.07, 6.45) is 5.05. The molecule has 0 bridgehead atoms. The molecule has 18 heavy (non-hydrogen) atoms. The summed E-state index contributed by atoms with van der Waals surface area (Å²) in [5.74, 6) is -1.66. The Morgan fingerprint density at radius 2 is 1.56 bits per heavy atom. The maximum absolute atomic E-state index is 9.43. The van der Waals surface area contributed by atoms with Crippen LogP contribution in [0, 0.1) is 11.3 Å². The summed E-state index contributed by atoms with van der Waals surface area (Å²) >= 11 is 2.43. The van der Waals surface area contributed by atoms with Gasteiger partial charge in [0.05, 0.1) is 0 Å². The first-order valence-corrected chi connectivity index (χ1v) is 6.58. The summed E-state index contributed by atoms with van der Waals surface area (Å²) in [5.41, 5.74) is 0.542. The van der Waals surface area contributed by atoms with Gasteiger partial charge in [-0.15, -0.1) is 0 Å². The number of carboxylic acid groups (broad SMARTS) is 2. The summed E-state index contributed by atoms with van der Waals surface area (Å²) in [6, 6.07) is 0. The number of rotatable bonds is 2. The normalized spacial score (nSPS) is 23.8. The van der Waals surface area contributed by atoms with E-state index in [1.807, 2.05) is 0 Å². The number of hydrogen-bond donors (Lipinski definition) is 2. The third-order valence-corrected chi connectivity index (χ3v) is 3.53. The van der Waals surface area contributed by atoms with E-state index < -0.39 is 18.4 Å². The molecule has 2 atom stereocenters. The number of aliphatic carboxylic acids is 2. The number of carboxylic acids is 2. The zero-order valence-electron chi connectivity index (χ0n) is 11.9. The van der Waals surface area contributed by atoms with E-state index in [-0.39, 0.29) is 0 Å². The van der Waals surface area contributed by atoms with Crippen molar-refractivity contribution in [3.63, 3.8) is 0 Å². The Morgan fingerprint density at radius 3 is 1.78 bits per heavy atom. The first-order chi connectivity index (χ1) is 8.14. The minimum absolute atomic E-state index is 0.542. The van der Waals surface area contributed by atoms with E-state index in [2.05, 4.69) is 38.5 Å². The van der Waals surface area contributed by atoms with Gasteiger partial charge in [0.25, 0.3) is 0 Å². The van der Waals surface area contributed by atoms with Crippen molar-refractivity contribution in [3.05, 3.63) is 0 Å². The second-order valence-corrected chi connectivity index (χ2v) is 6.20. The summed E-state index contributed by atoms with van der Waals surface area (Å²) in [5, 5.41) is 15.4. The molecule has 0 radical (unpaired) electrons. The fourth-order valence-corrected chi connectivity index (χ4v) is 2.73. The van der Waals surface area contributed by atoms with Gasteiger partial charge in [0.15, 0.2) is 0 Å². The molecule has 100 valence electrons. The predicted molar refractivity (Wildman–Crippen MR) is 70.8 cm³/mol. The molecule has 2 N–H and O–H groups in total. The average Bonchev–Trinajstić information content (AvgIpc) is 2.14. The monoisotopic (exact) mass is 250 g/mol. The first kappa shape index (κ1) is 17.5. The van der Waals surface area contributed by atoms with Gasteiger partial charge in [-0.2, -0.15) is 0 Å². The molecule has 0 spiro atoms. The molecule has 1 aliphatic rings. The van der Waals surface area contributed by atoms with E-state index in [1.54, 1.807) is 0 Å². The molecule has 0 heterocycles. The molecule has 2 unspecified atom stereocenters. The number of carbonyl (C=O) groups is 2. The van der Waals surface area contributed by atoms with Gasteiger partial charge in [0.2, 0.25) is 0 Å². The van der Waals surface area contributed by atoms with Gasteiger partial charge in [-0.1, -0.05) is 0 Å². The third-order valence-electron chi connectivity index (χ3n) is 3.53. The fraction of sp³-hybridized carbons (Fsp3) is 0.846. The van der Waals surface area contributed by atoms with Gasteiger partial charge >= 0.3 is 92.0 Å². The number of hydrogen-bond acceptors (Lipinski definition) is 2. The van der Waals surface area contributed by atoms with Crippen LogP contribution in [0.4, 0.5) is 0 Å². The summed E-state index contributed by atoms with van der Waals surface area (Å²) in [4.78, 5) is 18.9.